The van der Waals surface area contributed by atoms with E-state index in [0.29, 0.717) is 12.0 Å². The second-order valence-electron chi connectivity index (χ2n) is 6.77. The maximum absolute atomic E-state index is 2.57. The fourth-order valence-electron chi connectivity index (χ4n) is 4.36. The first-order chi connectivity index (χ1) is 10.2. The van der Waals surface area contributed by atoms with E-state index in [2.05, 4.69) is 67.4 Å². The van der Waals surface area contributed by atoms with E-state index in [4.69, 9.17) is 0 Å². The lowest BCUT2D eigenvalue weighted by molar-refractivity contribution is 0.265. The highest BCUT2D eigenvalue weighted by atomic mass is 15.2. The van der Waals surface area contributed by atoms with Crippen molar-refractivity contribution in [3.8, 4) is 0 Å². The van der Waals surface area contributed by atoms with Gasteiger partial charge < -0.3 is 4.90 Å². The van der Waals surface area contributed by atoms with Crippen molar-refractivity contribution >= 4 is 0 Å². The highest BCUT2D eigenvalue weighted by molar-refractivity contribution is 5.44. The van der Waals surface area contributed by atoms with E-state index in [1.807, 2.05) is 0 Å². The topological polar surface area (TPSA) is 3.24 Å². The Labute approximate surface area is 127 Å². The molecule has 2 aliphatic rings. The summed E-state index contributed by atoms with van der Waals surface area (Å²) >= 11 is 0. The number of aryl methyl sites for hydroxylation is 1. The van der Waals surface area contributed by atoms with Crippen molar-refractivity contribution in [2.45, 2.75) is 37.6 Å². The van der Waals surface area contributed by atoms with Gasteiger partial charge in [-0.05, 0) is 50.0 Å². The number of likely N-dealkylation sites (N-methyl/N-ethyl adjacent to an activating group) is 1. The fraction of sp³-hybridized carbons (Fsp3) is 0.400. The van der Waals surface area contributed by atoms with E-state index in [1.165, 1.54) is 30.5 Å². The first-order valence-electron chi connectivity index (χ1n) is 8.09. The molecule has 0 radical (unpaired) electrons. The lowest BCUT2D eigenvalue weighted by Crippen LogP contribution is -2.34. The molecule has 4 rings (SSSR count). The molecule has 2 unspecified atom stereocenters. The molecule has 2 aromatic rings. The SMILES string of the molecule is Cc1ccc(C2C[C@H]3C(CCN3C)c3ccccc32)cc1. The third kappa shape index (κ3) is 2.11. The van der Waals surface area contributed by atoms with Crippen molar-refractivity contribution in [1.29, 1.82) is 0 Å². The average molecular weight is 277 g/mol. The maximum atomic E-state index is 2.57. The van der Waals surface area contributed by atoms with Crippen molar-refractivity contribution < 1.29 is 0 Å². The lowest BCUT2D eigenvalue weighted by Gasteiger charge is -2.37. The van der Waals surface area contributed by atoms with Crippen LogP contribution in [0.15, 0.2) is 48.5 Å². The normalized spacial score (nSPS) is 28.2. The predicted molar refractivity (Wildman–Crippen MR) is 87.9 cm³/mol. The van der Waals surface area contributed by atoms with E-state index in [0.717, 1.165) is 5.92 Å². The first kappa shape index (κ1) is 13.1. The van der Waals surface area contributed by atoms with Gasteiger partial charge in [0.05, 0.1) is 0 Å². The Morgan fingerprint density at radius 2 is 1.67 bits per heavy atom. The summed E-state index contributed by atoms with van der Waals surface area (Å²) in [6, 6.07) is 19.0. The molecule has 1 fully saturated rings. The summed E-state index contributed by atoms with van der Waals surface area (Å²) in [5.74, 6) is 1.30. The number of fused-ring (bicyclic) bond motifs is 3. The molecule has 1 aliphatic carbocycles. The fourth-order valence-corrected chi connectivity index (χ4v) is 4.36. The molecule has 1 nitrogen and oxygen atoms in total. The van der Waals surface area contributed by atoms with Crippen LogP contribution in [0.2, 0.25) is 0 Å². The third-order valence-electron chi connectivity index (χ3n) is 5.55. The molecule has 0 aromatic heterocycles. The second kappa shape index (κ2) is 4.99. The smallest absolute Gasteiger partial charge is 0.0170 e. The summed E-state index contributed by atoms with van der Waals surface area (Å²) in [7, 11) is 2.30. The van der Waals surface area contributed by atoms with Gasteiger partial charge in [-0.15, -0.1) is 0 Å². The second-order valence-corrected chi connectivity index (χ2v) is 6.77. The number of hydrogen-bond acceptors (Lipinski definition) is 1. The van der Waals surface area contributed by atoms with Gasteiger partial charge in [0.15, 0.2) is 0 Å². The first-order valence-corrected chi connectivity index (χ1v) is 8.09. The highest BCUT2D eigenvalue weighted by Gasteiger charge is 2.40. The molecular weight excluding hydrogens is 254 g/mol. The zero-order valence-corrected chi connectivity index (χ0v) is 12.9. The molecule has 1 heteroatoms. The van der Waals surface area contributed by atoms with Crippen LogP contribution in [-0.2, 0) is 0 Å². The van der Waals surface area contributed by atoms with Crippen LogP contribution in [0.25, 0.3) is 0 Å². The van der Waals surface area contributed by atoms with Crippen molar-refractivity contribution in [3.05, 3.63) is 70.8 Å². The van der Waals surface area contributed by atoms with Gasteiger partial charge in [-0.1, -0.05) is 54.1 Å². The quantitative estimate of drug-likeness (QED) is 0.750. The van der Waals surface area contributed by atoms with Crippen molar-refractivity contribution in [3.63, 3.8) is 0 Å². The van der Waals surface area contributed by atoms with Gasteiger partial charge in [0.2, 0.25) is 0 Å². The summed E-state index contributed by atoms with van der Waals surface area (Å²) in [6.07, 6.45) is 2.58. The van der Waals surface area contributed by atoms with Gasteiger partial charge in [0, 0.05) is 17.9 Å². The van der Waals surface area contributed by atoms with Crippen LogP contribution in [0.1, 0.15) is 46.9 Å². The monoisotopic (exact) mass is 277 g/mol. The van der Waals surface area contributed by atoms with E-state index >= 15 is 0 Å². The van der Waals surface area contributed by atoms with E-state index in [1.54, 1.807) is 11.1 Å². The molecule has 1 aliphatic heterocycles. The van der Waals surface area contributed by atoms with Crippen LogP contribution >= 0.6 is 0 Å². The molecular formula is C20H23N. The minimum absolute atomic E-state index is 0.559. The third-order valence-corrected chi connectivity index (χ3v) is 5.55. The van der Waals surface area contributed by atoms with Crippen molar-refractivity contribution in [2.24, 2.45) is 0 Å². The Kier molecular flexibility index (Phi) is 3.11. The minimum Gasteiger partial charge on any atom is -0.303 e. The molecule has 0 N–H and O–H groups in total. The molecule has 21 heavy (non-hydrogen) atoms. The van der Waals surface area contributed by atoms with Crippen molar-refractivity contribution in [2.75, 3.05) is 13.6 Å². The predicted octanol–water partition coefficient (Wildman–Crippen LogP) is 4.32. The van der Waals surface area contributed by atoms with Crippen LogP contribution in [0.4, 0.5) is 0 Å². The van der Waals surface area contributed by atoms with Gasteiger partial charge in [-0.3, -0.25) is 0 Å². The van der Waals surface area contributed by atoms with Gasteiger partial charge in [0.25, 0.3) is 0 Å². The number of likely N-dealkylation sites (tertiary alicyclic amines) is 1. The summed E-state index contributed by atoms with van der Waals surface area (Å²) in [5, 5.41) is 0. The number of benzene rings is 2. The van der Waals surface area contributed by atoms with E-state index < -0.39 is 0 Å². The number of hydrogen-bond donors (Lipinski definition) is 0. The van der Waals surface area contributed by atoms with Crippen LogP contribution in [0.5, 0.6) is 0 Å². The standard InChI is InChI=1S/C20H23N/c1-14-7-9-15(10-8-14)19-13-20-18(11-12-21(20)2)16-5-3-4-6-17(16)19/h3-10,18-20H,11-13H2,1-2H3/t18?,19?,20-/m0/s1. The lowest BCUT2D eigenvalue weighted by atomic mass is 9.71. The molecule has 3 atom stereocenters. The minimum atomic E-state index is 0.559. The molecule has 0 saturated carbocycles. The number of rotatable bonds is 1. The average Bonchev–Trinajstić information content (AvgIpc) is 2.89. The van der Waals surface area contributed by atoms with Crippen molar-refractivity contribution in [1.82, 2.24) is 4.90 Å². The molecule has 0 spiro atoms. The van der Waals surface area contributed by atoms with Gasteiger partial charge in [-0.2, -0.15) is 0 Å². The number of nitrogens with zero attached hydrogens (tertiary/aromatic N) is 1. The van der Waals surface area contributed by atoms with E-state index in [9.17, 15) is 0 Å². The molecule has 0 bridgehead atoms. The molecule has 1 heterocycles. The van der Waals surface area contributed by atoms with Gasteiger partial charge >= 0.3 is 0 Å². The van der Waals surface area contributed by atoms with Gasteiger partial charge in [-0.25, -0.2) is 0 Å². The molecule has 0 amide bonds. The van der Waals surface area contributed by atoms with Crippen LogP contribution < -0.4 is 0 Å². The van der Waals surface area contributed by atoms with Gasteiger partial charge in [0.1, 0.15) is 0 Å². The summed E-state index contributed by atoms with van der Waals surface area (Å²) < 4.78 is 0. The van der Waals surface area contributed by atoms with E-state index in [-0.39, 0.29) is 0 Å². The molecule has 2 aromatic carbocycles. The van der Waals surface area contributed by atoms with Crippen LogP contribution in [-0.4, -0.2) is 24.5 Å². The zero-order chi connectivity index (χ0) is 14.4. The maximum Gasteiger partial charge on any atom is 0.0170 e. The van der Waals surface area contributed by atoms with Crippen LogP contribution in [0, 0.1) is 6.92 Å². The molecule has 108 valence electrons. The Morgan fingerprint density at radius 1 is 0.952 bits per heavy atom. The Bertz CT molecular complexity index is 643. The summed E-state index contributed by atoms with van der Waals surface area (Å²) in [4.78, 5) is 2.57. The zero-order valence-electron chi connectivity index (χ0n) is 12.9. The highest BCUT2D eigenvalue weighted by Crippen LogP contribution is 2.47. The Morgan fingerprint density at radius 3 is 2.43 bits per heavy atom. The summed E-state index contributed by atoms with van der Waals surface area (Å²) in [6.45, 7) is 3.41. The summed E-state index contributed by atoms with van der Waals surface area (Å²) in [5.41, 5.74) is 5.99. The Hall–Kier alpha value is -1.60. The largest absolute Gasteiger partial charge is 0.303 e. The molecule has 1 saturated heterocycles. The Balaban J connectivity index is 1.81. The van der Waals surface area contributed by atoms with Crippen LogP contribution in [0.3, 0.4) is 0 Å².